The molecular formula is C14H23N5. The fourth-order valence-electron chi connectivity index (χ4n) is 1.78. The van der Waals surface area contributed by atoms with Crippen molar-refractivity contribution in [2.24, 2.45) is 27.2 Å². The third-order valence-corrected chi connectivity index (χ3v) is 2.74. The van der Waals surface area contributed by atoms with Gasteiger partial charge in [-0.25, -0.2) is 4.99 Å². The van der Waals surface area contributed by atoms with Crippen LogP contribution in [0.3, 0.4) is 0 Å². The lowest BCUT2D eigenvalue weighted by atomic mass is 10.1. The van der Waals surface area contributed by atoms with Gasteiger partial charge in [0.25, 0.3) is 0 Å². The summed E-state index contributed by atoms with van der Waals surface area (Å²) in [5.41, 5.74) is 18.1. The maximum atomic E-state index is 5.56. The summed E-state index contributed by atoms with van der Waals surface area (Å²) >= 11 is 0. The Morgan fingerprint density at radius 2 is 1.68 bits per heavy atom. The van der Waals surface area contributed by atoms with E-state index in [1.54, 1.807) is 0 Å². The van der Waals surface area contributed by atoms with E-state index >= 15 is 0 Å². The first-order valence-corrected chi connectivity index (χ1v) is 6.64. The van der Waals surface area contributed by atoms with E-state index in [0.717, 1.165) is 12.1 Å². The molecule has 0 saturated heterocycles. The third-order valence-electron chi connectivity index (χ3n) is 2.74. The van der Waals surface area contributed by atoms with E-state index in [2.05, 4.69) is 29.0 Å². The number of hydrogen-bond acceptors (Lipinski definition) is 1. The normalized spacial score (nSPS) is 11.3. The molecule has 1 rings (SSSR count). The van der Waals surface area contributed by atoms with Crippen LogP contribution in [0.4, 0.5) is 5.69 Å². The Bertz CT molecular complexity index is 430. The first kappa shape index (κ1) is 15.0. The lowest BCUT2D eigenvalue weighted by molar-refractivity contribution is 0.667. The van der Waals surface area contributed by atoms with Gasteiger partial charge in [0.15, 0.2) is 5.96 Å². The highest BCUT2D eigenvalue weighted by Crippen LogP contribution is 2.15. The summed E-state index contributed by atoms with van der Waals surface area (Å²) in [5, 5.41) is 0. The second-order valence-electron chi connectivity index (χ2n) is 4.48. The monoisotopic (exact) mass is 261 g/mol. The predicted octanol–water partition coefficient (Wildman–Crippen LogP) is 2.03. The summed E-state index contributed by atoms with van der Waals surface area (Å²) in [6, 6.07) is 7.97. The van der Waals surface area contributed by atoms with Crippen LogP contribution in [0.2, 0.25) is 0 Å². The molecule has 0 saturated carbocycles. The minimum Gasteiger partial charge on any atom is -0.370 e. The van der Waals surface area contributed by atoms with Crippen molar-refractivity contribution >= 4 is 17.6 Å². The van der Waals surface area contributed by atoms with Gasteiger partial charge in [0.05, 0.1) is 5.69 Å². The zero-order chi connectivity index (χ0) is 14.1. The molecule has 104 valence electrons. The van der Waals surface area contributed by atoms with E-state index in [0.29, 0.717) is 0 Å². The van der Waals surface area contributed by atoms with E-state index in [-0.39, 0.29) is 11.9 Å². The van der Waals surface area contributed by atoms with Crippen molar-refractivity contribution in [2.75, 3.05) is 0 Å². The maximum absolute atomic E-state index is 5.56. The van der Waals surface area contributed by atoms with E-state index in [9.17, 15) is 0 Å². The molecule has 0 aliphatic rings. The van der Waals surface area contributed by atoms with Crippen LogP contribution in [0.15, 0.2) is 34.3 Å². The van der Waals surface area contributed by atoms with Crippen molar-refractivity contribution < 1.29 is 0 Å². The number of rotatable bonds is 6. The number of benzene rings is 1. The number of nitrogens with two attached hydrogens (primary N) is 3. The van der Waals surface area contributed by atoms with Gasteiger partial charge in [0.1, 0.15) is 0 Å². The molecule has 1 aromatic carbocycles. The van der Waals surface area contributed by atoms with Crippen LogP contribution in [0.5, 0.6) is 0 Å². The fraction of sp³-hybridized carbons (Fsp3) is 0.429. The van der Waals surface area contributed by atoms with Crippen LogP contribution in [0, 0.1) is 0 Å². The van der Waals surface area contributed by atoms with Gasteiger partial charge in [-0.15, -0.1) is 0 Å². The van der Waals surface area contributed by atoms with E-state index in [1.807, 2.05) is 12.1 Å². The molecule has 0 spiro atoms. The van der Waals surface area contributed by atoms with Gasteiger partial charge in [-0.2, -0.15) is 4.99 Å². The molecule has 1 aromatic rings. The number of aliphatic imine (C=N–C) groups is 2. The van der Waals surface area contributed by atoms with Gasteiger partial charge in [0, 0.05) is 0 Å². The minimum atomic E-state index is -0.0891. The summed E-state index contributed by atoms with van der Waals surface area (Å²) in [7, 11) is 0. The number of hydrogen-bond donors (Lipinski definition) is 3. The summed E-state index contributed by atoms with van der Waals surface area (Å²) in [5.74, 6) is -0.0236. The Morgan fingerprint density at radius 3 is 2.26 bits per heavy atom. The number of nitrogens with zero attached hydrogens (tertiary/aromatic N) is 2. The Morgan fingerprint density at radius 1 is 1.00 bits per heavy atom. The maximum Gasteiger partial charge on any atom is 0.223 e. The first-order chi connectivity index (χ1) is 9.11. The minimum absolute atomic E-state index is 0.0655. The largest absolute Gasteiger partial charge is 0.370 e. The fourth-order valence-corrected chi connectivity index (χ4v) is 1.78. The second-order valence-corrected chi connectivity index (χ2v) is 4.48. The van der Waals surface area contributed by atoms with Crippen molar-refractivity contribution in [3.05, 3.63) is 29.8 Å². The van der Waals surface area contributed by atoms with Gasteiger partial charge in [-0.1, -0.05) is 38.3 Å². The van der Waals surface area contributed by atoms with Crippen LogP contribution in [0.25, 0.3) is 0 Å². The summed E-state index contributed by atoms with van der Waals surface area (Å²) in [6.45, 7) is 2.22. The van der Waals surface area contributed by atoms with Crippen molar-refractivity contribution in [2.45, 2.75) is 39.0 Å². The van der Waals surface area contributed by atoms with Gasteiger partial charge in [-0.05, 0) is 30.5 Å². The van der Waals surface area contributed by atoms with Crippen LogP contribution < -0.4 is 17.2 Å². The SMILES string of the molecule is CCCCCCc1ccc(N=C(N)N=C(N)N)cc1. The molecule has 0 aliphatic heterocycles. The highest BCUT2D eigenvalue weighted by molar-refractivity contribution is 5.93. The average molecular weight is 261 g/mol. The van der Waals surface area contributed by atoms with Crippen molar-refractivity contribution in [3.8, 4) is 0 Å². The number of guanidine groups is 2. The molecule has 0 heterocycles. The molecule has 0 radical (unpaired) electrons. The van der Waals surface area contributed by atoms with Gasteiger partial charge in [-0.3, -0.25) is 0 Å². The molecule has 0 fully saturated rings. The Balaban J connectivity index is 2.54. The molecule has 5 heteroatoms. The predicted molar refractivity (Wildman–Crippen MR) is 81.4 cm³/mol. The van der Waals surface area contributed by atoms with Crippen molar-refractivity contribution in [1.82, 2.24) is 0 Å². The van der Waals surface area contributed by atoms with E-state index < -0.39 is 0 Å². The first-order valence-electron chi connectivity index (χ1n) is 6.64. The summed E-state index contributed by atoms with van der Waals surface area (Å²) in [4.78, 5) is 7.76. The Hall–Kier alpha value is -2.04. The zero-order valence-corrected chi connectivity index (χ0v) is 11.5. The zero-order valence-electron chi connectivity index (χ0n) is 11.5. The van der Waals surface area contributed by atoms with Crippen molar-refractivity contribution in [3.63, 3.8) is 0 Å². The Labute approximate surface area is 114 Å². The number of aryl methyl sites for hydroxylation is 1. The molecule has 0 unspecified atom stereocenters. The third kappa shape index (κ3) is 6.45. The molecule has 19 heavy (non-hydrogen) atoms. The molecule has 0 atom stereocenters. The smallest absolute Gasteiger partial charge is 0.223 e. The van der Waals surface area contributed by atoms with E-state index in [4.69, 9.17) is 17.2 Å². The lowest BCUT2D eigenvalue weighted by Crippen LogP contribution is -2.26. The quantitative estimate of drug-likeness (QED) is 0.414. The molecule has 0 aliphatic carbocycles. The van der Waals surface area contributed by atoms with Crippen molar-refractivity contribution in [1.29, 1.82) is 0 Å². The number of unbranched alkanes of at least 4 members (excludes halogenated alkanes) is 3. The van der Waals surface area contributed by atoms with Gasteiger partial charge in [0.2, 0.25) is 5.96 Å². The second kappa shape index (κ2) is 8.13. The molecule has 5 nitrogen and oxygen atoms in total. The molecule has 0 bridgehead atoms. The van der Waals surface area contributed by atoms with Crippen LogP contribution in [-0.4, -0.2) is 11.9 Å². The molecule has 0 amide bonds. The molecule has 6 N–H and O–H groups in total. The van der Waals surface area contributed by atoms with E-state index in [1.165, 1.54) is 31.2 Å². The van der Waals surface area contributed by atoms with Gasteiger partial charge < -0.3 is 17.2 Å². The topological polar surface area (TPSA) is 103 Å². The van der Waals surface area contributed by atoms with Crippen LogP contribution >= 0.6 is 0 Å². The summed E-state index contributed by atoms with van der Waals surface area (Å²) < 4.78 is 0. The summed E-state index contributed by atoms with van der Waals surface area (Å²) in [6.07, 6.45) is 6.18. The molecule has 0 aromatic heterocycles. The Kier molecular flexibility index (Phi) is 6.43. The molecular weight excluding hydrogens is 238 g/mol. The lowest BCUT2D eigenvalue weighted by Gasteiger charge is -2.02. The van der Waals surface area contributed by atoms with Crippen LogP contribution in [0.1, 0.15) is 38.2 Å². The average Bonchev–Trinajstić information content (AvgIpc) is 2.35. The van der Waals surface area contributed by atoms with Crippen LogP contribution in [-0.2, 0) is 6.42 Å². The highest BCUT2D eigenvalue weighted by Gasteiger charge is 1.96. The standard InChI is InChI=1S/C14H23N5/c1-2-3-4-5-6-11-7-9-12(10-8-11)18-14(17)19-13(15)16/h7-10H,2-6H2,1H3,(H6,15,16,17,18,19). The highest BCUT2D eigenvalue weighted by atomic mass is 15.1. The van der Waals surface area contributed by atoms with Gasteiger partial charge >= 0.3 is 0 Å².